The summed E-state index contributed by atoms with van der Waals surface area (Å²) < 4.78 is 29.2. The van der Waals surface area contributed by atoms with Gasteiger partial charge in [0.05, 0.1) is 17.6 Å². The van der Waals surface area contributed by atoms with Crippen LogP contribution in [0.5, 0.6) is 0 Å². The maximum absolute atomic E-state index is 12.9. The second-order valence-corrected chi connectivity index (χ2v) is 10.7. The van der Waals surface area contributed by atoms with Gasteiger partial charge in [0.25, 0.3) is 10.0 Å². The lowest BCUT2D eigenvalue weighted by Crippen LogP contribution is -2.41. The Kier molecular flexibility index (Phi) is 4.78. The number of hydrogen-bond acceptors (Lipinski definition) is 5. The molecule has 10 heteroatoms. The number of halogens is 1. The molecule has 0 bridgehead atoms. The Balaban J connectivity index is 1.31. The minimum absolute atomic E-state index is 0.174. The number of carbonyl (C=O) groups is 1. The van der Waals surface area contributed by atoms with E-state index in [0.717, 1.165) is 38.2 Å². The van der Waals surface area contributed by atoms with E-state index in [2.05, 4.69) is 14.7 Å². The van der Waals surface area contributed by atoms with Crippen molar-refractivity contribution in [2.45, 2.75) is 23.2 Å². The summed E-state index contributed by atoms with van der Waals surface area (Å²) in [5.74, 6) is -0.227. The molecule has 1 amide bonds. The number of benzene rings is 1. The van der Waals surface area contributed by atoms with E-state index in [0.29, 0.717) is 24.5 Å². The van der Waals surface area contributed by atoms with E-state index >= 15 is 0 Å². The van der Waals surface area contributed by atoms with Gasteiger partial charge in [0.2, 0.25) is 5.91 Å². The Morgan fingerprint density at radius 1 is 1.27 bits per heavy atom. The van der Waals surface area contributed by atoms with E-state index in [1.54, 1.807) is 35.4 Å². The lowest BCUT2D eigenvalue weighted by molar-refractivity contribution is -0.129. The van der Waals surface area contributed by atoms with Crippen LogP contribution < -0.4 is 4.72 Å². The number of sulfonamides is 1. The number of pyridine rings is 1. The Labute approximate surface area is 181 Å². The number of amides is 1. The zero-order valence-corrected chi connectivity index (χ0v) is 18.0. The number of nitrogens with zero attached hydrogens (tertiary/aromatic N) is 2. The number of thiophene rings is 1. The summed E-state index contributed by atoms with van der Waals surface area (Å²) in [5.41, 5.74) is 2.60. The van der Waals surface area contributed by atoms with Gasteiger partial charge in [-0.2, -0.15) is 4.72 Å². The Morgan fingerprint density at radius 3 is 2.97 bits per heavy atom. The largest absolute Gasteiger partial charge is 0.356 e. The van der Waals surface area contributed by atoms with Gasteiger partial charge in [-0.3, -0.25) is 9.78 Å². The molecule has 0 spiro atoms. The molecule has 1 atom stereocenters. The van der Waals surface area contributed by atoms with Crippen LogP contribution in [0.2, 0.25) is 5.02 Å². The van der Waals surface area contributed by atoms with E-state index in [1.165, 1.54) is 0 Å². The van der Waals surface area contributed by atoms with Gasteiger partial charge in [-0.15, -0.1) is 11.3 Å². The number of nitrogens with one attached hydrogen (secondary N) is 2. The van der Waals surface area contributed by atoms with Gasteiger partial charge in [-0.1, -0.05) is 17.7 Å². The van der Waals surface area contributed by atoms with Gasteiger partial charge in [0.1, 0.15) is 10.3 Å². The predicted octanol–water partition coefficient (Wildman–Crippen LogP) is 3.51. The topological polar surface area (TPSA) is 95.2 Å². The molecule has 0 aliphatic carbocycles. The molecular weight excluding hydrogens is 444 g/mol. The first-order valence-electron chi connectivity index (χ1n) is 9.32. The number of aromatic nitrogens is 2. The van der Waals surface area contributed by atoms with Crippen LogP contribution in [0.15, 0.2) is 52.9 Å². The summed E-state index contributed by atoms with van der Waals surface area (Å²) in [7, 11) is -3.81. The van der Waals surface area contributed by atoms with Crippen molar-refractivity contribution >= 4 is 60.0 Å². The average Bonchev–Trinajstić information content (AvgIpc) is 3.40. The van der Waals surface area contributed by atoms with E-state index < -0.39 is 16.1 Å². The van der Waals surface area contributed by atoms with E-state index in [-0.39, 0.29) is 10.1 Å². The third-order valence-corrected chi connectivity index (χ3v) is 8.40. The predicted molar refractivity (Wildman–Crippen MR) is 117 cm³/mol. The molecule has 0 saturated carbocycles. The molecule has 0 radical (unpaired) electrons. The molecule has 1 saturated heterocycles. The number of fused-ring (bicyclic) bond motifs is 2. The highest BCUT2D eigenvalue weighted by Crippen LogP contribution is 2.31. The zero-order chi connectivity index (χ0) is 20.9. The summed E-state index contributed by atoms with van der Waals surface area (Å²) in [4.78, 5) is 22.0. The van der Waals surface area contributed by atoms with Crippen molar-refractivity contribution in [2.24, 2.45) is 0 Å². The van der Waals surface area contributed by atoms with Crippen LogP contribution >= 0.6 is 22.9 Å². The maximum Gasteiger partial charge on any atom is 0.250 e. The molecule has 1 fully saturated rings. The van der Waals surface area contributed by atoms with Crippen LogP contribution in [0.3, 0.4) is 0 Å². The quantitative estimate of drug-likeness (QED) is 0.476. The van der Waals surface area contributed by atoms with E-state index in [4.69, 9.17) is 11.6 Å². The minimum atomic E-state index is -3.81. The molecule has 4 aromatic rings. The van der Waals surface area contributed by atoms with Crippen molar-refractivity contribution in [3.8, 4) is 0 Å². The summed E-state index contributed by atoms with van der Waals surface area (Å²) in [6.07, 6.45) is 2.14. The molecule has 1 aliphatic rings. The van der Waals surface area contributed by atoms with Crippen molar-refractivity contribution in [3.05, 3.63) is 59.4 Å². The summed E-state index contributed by atoms with van der Waals surface area (Å²) in [5, 5.41) is 1.35. The molecule has 0 unspecified atom stereocenters. The smallest absolute Gasteiger partial charge is 0.250 e. The maximum atomic E-state index is 12.9. The van der Waals surface area contributed by atoms with Crippen molar-refractivity contribution in [1.82, 2.24) is 19.6 Å². The fourth-order valence-corrected chi connectivity index (χ4v) is 6.58. The van der Waals surface area contributed by atoms with Crippen LogP contribution in [0.1, 0.15) is 12.1 Å². The van der Waals surface area contributed by atoms with E-state index in [1.807, 2.05) is 18.2 Å². The molecule has 1 aromatic carbocycles. The Hall–Kier alpha value is -2.46. The highest BCUT2D eigenvalue weighted by atomic mass is 35.5. The van der Waals surface area contributed by atoms with Crippen molar-refractivity contribution in [3.63, 3.8) is 0 Å². The molecule has 7 nitrogen and oxygen atoms in total. The molecule has 3 aromatic heterocycles. The fraction of sp³-hybridized carbons (Fsp3) is 0.200. The first kappa shape index (κ1) is 19.5. The van der Waals surface area contributed by atoms with E-state index in [9.17, 15) is 13.2 Å². The monoisotopic (exact) mass is 460 g/mol. The van der Waals surface area contributed by atoms with Gasteiger partial charge in [0.15, 0.2) is 0 Å². The summed E-state index contributed by atoms with van der Waals surface area (Å²) >= 11 is 7.13. The summed E-state index contributed by atoms with van der Waals surface area (Å²) in [6, 6.07) is 11.7. The van der Waals surface area contributed by atoms with Crippen LogP contribution in [0, 0.1) is 0 Å². The van der Waals surface area contributed by atoms with Gasteiger partial charge in [0, 0.05) is 28.2 Å². The van der Waals surface area contributed by atoms with Crippen molar-refractivity contribution in [2.75, 3.05) is 6.54 Å². The highest BCUT2D eigenvalue weighted by molar-refractivity contribution is 7.91. The molecule has 2 N–H and O–H groups in total. The molecule has 1 aliphatic heterocycles. The van der Waals surface area contributed by atoms with Crippen molar-refractivity contribution < 1.29 is 13.2 Å². The second kappa shape index (κ2) is 7.35. The zero-order valence-electron chi connectivity index (χ0n) is 15.6. The van der Waals surface area contributed by atoms with Crippen LogP contribution in [0.4, 0.5) is 0 Å². The second-order valence-electron chi connectivity index (χ2n) is 7.20. The summed E-state index contributed by atoms with van der Waals surface area (Å²) in [6.45, 7) is 0.867. The number of rotatable bonds is 5. The van der Waals surface area contributed by atoms with Crippen molar-refractivity contribution in [1.29, 1.82) is 0 Å². The third-order valence-electron chi connectivity index (χ3n) is 5.13. The third kappa shape index (κ3) is 3.58. The first-order chi connectivity index (χ1) is 14.4. The van der Waals surface area contributed by atoms with Gasteiger partial charge >= 0.3 is 0 Å². The number of likely N-dealkylation sites (tertiary alicyclic amines) is 1. The Morgan fingerprint density at radius 2 is 2.13 bits per heavy atom. The Bertz CT molecular complexity index is 1350. The number of hydrogen-bond donors (Lipinski definition) is 2. The van der Waals surface area contributed by atoms with Gasteiger partial charge < -0.3 is 9.88 Å². The van der Waals surface area contributed by atoms with Gasteiger partial charge in [-0.05, 0) is 48.2 Å². The SMILES string of the molecule is O=C1[C@@H](NS(=O)(=O)c2cc3ccc(Cl)cc3s2)CCN1Cc1cc2ncccc2[nH]1. The van der Waals surface area contributed by atoms with Crippen LogP contribution in [-0.4, -0.2) is 41.8 Å². The first-order valence-corrected chi connectivity index (χ1v) is 12.0. The normalized spacial score (nSPS) is 17.4. The fourth-order valence-electron chi connectivity index (χ4n) is 3.67. The molecule has 4 heterocycles. The molecule has 30 heavy (non-hydrogen) atoms. The lowest BCUT2D eigenvalue weighted by atomic mass is 10.3. The lowest BCUT2D eigenvalue weighted by Gasteiger charge is -2.16. The number of carbonyl (C=O) groups excluding carboxylic acids is 1. The number of H-pyrrole nitrogens is 1. The molecule has 154 valence electrons. The van der Waals surface area contributed by atoms with Crippen LogP contribution in [-0.2, 0) is 21.4 Å². The van der Waals surface area contributed by atoms with Gasteiger partial charge in [-0.25, -0.2) is 8.42 Å². The number of aromatic amines is 1. The standard InChI is InChI=1S/C20H17ClN4O3S2/c21-13-4-3-12-8-19(29-18(12)9-13)30(27,28)24-16-5-7-25(20(16)26)11-14-10-17-15(23-14)2-1-6-22-17/h1-4,6,8-10,16,23-24H,5,7,11H2/t16-/m0/s1. The molecule has 5 rings (SSSR count). The van der Waals surface area contributed by atoms with Crippen LogP contribution in [0.25, 0.3) is 21.1 Å². The minimum Gasteiger partial charge on any atom is -0.356 e. The highest BCUT2D eigenvalue weighted by Gasteiger charge is 2.35. The average molecular weight is 461 g/mol. The molecular formula is C20H17ClN4O3S2.